The van der Waals surface area contributed by atoms with Gasteiger partial charge in [0.05, 0.1) is 0 Å². The fourth-order valence-electron chi connectivity index (χ4n) is 11.4. The second-order valence-electron chi connectivity index (χ2n) is 16.6. The van der Waals surface area contributed by atoms with Crippen LogP contribution < -0.4 is 10.6 Å². The lowest BCUT2D eigenvalue weighted by Crippen LogP contribution is -2.47. The summed E-state index contributed by atoms with van der Waals surface area (Å²) in [4.78, 5) is 0. The number of hydrogen-bond donors (Lipinski definition) is 0. The maximum atomic E-state index is 15.8. The SMILES string of the molecule is Cc1cc(C)cc(P(c2cc(C)cc(C)c2)C(C)C2CCCC23C2CCCCCC(CC2)C2CCCC2CC(C)(C)[P+]3=O)c1. The molecule has 2 bridgehead atoms. The Labute approximate surface area is 272 Å². The van der Waals surface area contributed by atoms with Crippen molar-refractivity contribution in [1.82, 2.24) is 0 Å². The molecule has 2 aromatic carbocycles. The van der Waals surface area contributed by atoms with Crippen molar-refractivity contribution in [2.24, 2.45) is 29.6 Å². The molecule has 8 unspecified atom stereocenters. The molecular formula is C41H61OP2+. The van der Waals surface area contributed by atoms with Crippen LogP contribution in [0.4, 0.5) is 0 Å². The first-order valence-corrected chi connectivity index (χ1v) is 21.1. The van der Waals surface area contributed by atoms with Gasteiger partial charge in [-0.2, -0.15) is 0 Å². The molecule has 6 rings (SSSR count). The van der Waals surface area contributed by atoms with Gasteiger partial charge in [0.2, 0.25) is 0 Å². The molecule has 0 N–H and O–H groups in total. The maximum absolute atomic E-state index is 15.8. The van der Waals surface area contributed by atoms with E-state index < -0.39 is 15.7 Å². The van der Waals surface area contributed by atoms with E-state index in [9.17, 15) is 0 Å². The first-order chi connectivity index (χ1) is 21.0. The monoisotopic (exact) mass is 631 g/mol. The van der Waals surface area contributed by atoms with Gasteiger partial charge in [-0.05, 0) is 141 Å². The molecule has 4 aliphatic rings. The molecule has 2 aromatic rings. The van der Waals surface area contributed by atoms with Crippen LogP contribution in [0.1, 0.15) is 133 Å². The smallest absolute Gasteiger partial charge is 0.0735 e. The molecule has 3 heteroatoms. The number of rotatable bonds is 4. The summed E-state index contributed by atoms with van der Waals surface area (Å²) >= 11 is 0. The Hall–Kier alpha value is -1.03. The van der Waals surface area contributed by atoms with Gasteiger partial charge in [0.15, 0.2) is 10.3 Å². The summed E-state index contributed by atoms with van der Waals surface area (Å²) in [5.74, 6) is 3.75. The fraction of sp³-hybridized carbons (Fsp3) is 0.707. The molecule has 0 radical (unpaired) electrons. The van der Waals surface area contributed by atoms with Crippen LogP contribution in [0.2, 0.25) is 0 Å². The summed E-state index contributed by atoms with van der Waals surface area (Å²) in [5, 5.41) is 2.97. The Kier molecular flexibility index (Phi) is 9.89. The Morgan fingerprint density at radius 2 is 1.27 bits per heavy atom. The fourth-order valence-corrected chi connectivity index (χ4v) is 18.1. The highest BCUT2D eigenvalue weighted by atomic mass is 31.1. The number of aryl methyl sites for hydroxylation is 4. The van der Waals surface area contributed by atoms with Gasteiger partial charge in [-0.3, -0.25) is 0 Å². The minimum Gasteiger partial charge on any atom is -0.0735 e. The zero-order valence-corrected chi connectivity index (χ0v) is 30.9. The number of fused-ring (bicyclic) bond motifs is 6. The molecule has 0 aromatic heterocycles. The Balaban J connectivity index is 1.48. The summed E-state index contributed by atoms with van der Waals surface area (Å²) in [6.07, 6.45) is 18.8. The van der Waals surface area contributed by atoms with Crippen LogP contribution in [0, 0.1) is 57.3 Å². The van der Waals surface area contributed by atoms with E-state index >= 15 is 4.57 Å². The van der Waals surface area contributed by atoms with E-state index in [2.05, 4.69) is 84.9 Å². The van der Waals surface area contributed by atoms with E-state index in [4.69, 9.17) is 0 Å². The van der Waals surface area contributed by atoms with Gasteiger partial charge in [-0.25, -0.2) is 0 Å². The van der Waals surface area contributed by atoms with Crippen molar-refractivity contribution in [1.29, 1.82) is 0 Å². The Bertz CT molecular complexity index is 1250. The van der Waals surface area contributed by atoms with Crippen molar-refractivity contribution in [3.8, 4) is 0 Å². The highest BCUT2D eigenvalue weighted by Crippen LogP contribution is 2.70. The molecule has 240 valence electrons. The minimum atomic E-state index is -1.37. The molecule has 1 spiro atoms. The molecule has 0 amide bonds. The molecule has 3 saturated carbocycles. The molecule has 8 atom stereocenters. The van der Waals surface area contributed by atoms with Gasteiger partial charge in [0.25, 0.3) is 0 Å². The van der Waals surface area contributed by atoms with E-state index in [1.807, 2.05) is 0 Å². The summed E-state index contributed by atoms with van der Waals surface area (Å²) in [5.41, 5.74) is 6.03. The van der Waals surface area contributed by atoms with Gasteiger partial charge in [-0.1, -0.05) is 102 Å². The van der Waals surface area contributed by atoms with Crippen LogP contribution in [0.25, 0.3) is 0 Å². The maximum Gasteiger partial charge on any atom is 0.351 e. The van der Waals surface area contributed by atoms with Crippen molar-refractivity contribution in [3.05, 3.63) is 58.7 Å². The average Bonchev–Trinajstić information content (AvgIpc) is 3.60. The zero-order chi connectivity index (χ0) is 31.2. The Morgan fingerprint density at radius 1 is 0.682 bits per heavy atom. The van der Waals surface area contributed by atoms with E-state index in [0.717, 1.165) is 17.8 Å². The lowest BCUT2D eigenvalue weighted by Gasteiger charge is -2.44. The lowest BCUT2D eigenvalue weighted by molar-refractivity contribution is 0.175. The second-order valence-corrected chi connectivity index (χ2v) is 21.8. The van der Waals surface area contributed by atoms with Crippen LogP contribution in [-0.2, 0) is 4.57 Å². The average molecular weight is 632 g/mol. The quantitative estimate of drug-likeness (QED) is 0.307. The van der Waals surface area contributed by atoms with Crippen molar-refractivity contribution in [2.75, 3.05) is 0 Å². The second kappa shape index (κ2) is 13.2. The number of hydrogen-bond acceptors (Lipinski definition) is 1. The molecule has 1 saturated heterocycles. The van der Waals surface area contributed by atoms with Crippen molar-refractivity contribution < 1.29 is 4.57 Å². The first kappa shape index (κ1) is 32.9. The van der Waals surface area contributed by atoms with Crippen molar-refractivity contribution >= 4 is 26.3 Å². The normalized spacial score (nSPS) is 34.0. The molecule has 44 heavy (non-hydrogen) atoms. The molecule has 3 aliphatic carbocycles. The van der Waals surface area contributed by atoms with E-state index in [0.29, 0.717) is 17.5 Å². The molecule has 4 fully saturated rings. The third-order valence-electron chi connectivity index (χ3n) is 12.9. The summed E-state index contributed by atoms with van der Waals surface area (Å²) in [7, 11) is -1.95. The Morgan fingerprint density at radius 3 is 1.91 bits per heavy atom. The molecule has 1 nitrogen and oxygen atoms in total. The number of benzene rings is 2. The van der Waals surface area contributed by atoms with Crippen LogP contribution in [-0.4, -0.2) is 16.0 Å². The van der Waals surface area contributed by atoms with Crippen LogP contribution in [0.5, 0.6) is 0 Å². The van der Waals surface area contributed by atoms with Crippen LogP contribution >= 0.6 is 15.7 Å². The van der Waals surface area contributed by atoms with E-state index in [-0.39, 0.29) is 10.3 Å². The zero-order valence-electron chi connectivity index (χ0n) is 29.1. The standard InChI is InChI=1S/C41H61OP2/c1-28-21-29(2)24-36(23-28)43(37-25-30(3)22-31(4)26-37)32(5)39-17-12-20-41(39)35-15-10-8-9-13-33(18-19-35)38-16-11-14-34(38)27-40(6,7)44(41)42/h21-26,32-35,38-39H,8-20,27H2,1-7H3/q+1. The first-order valence-electron chi connectivity index (χ1n) is 18.4. The molecular weight excluding hydrogens is 570 g/mol. The predicted octanol–water partition coefficient (Wildman–Crippen LogP) is 11.7. The predicted molar refractivity (Wildman–Crippen MR) is 194 cm³/mol. The van der Waals surface area contributed by atoms with Gasteiger partial charge in [0, 0.05) is 11.8 Å². The van der Waals surface area contributed by atoms with Gasteiger partial charge < -0.3 is 0 Å². The van der Waals surface area contributed by atoms with Crippen LogP contribution in [0.3, 0.4) is 0 Å². The molecule has 1 heterocycles. The highest BCUT2D eigenvalue weighted by molar-refractivity contribution is 7.73. The van der Waals surface area contributed by atoms with Crippen LogP contribution in [0.15, 0.2) is 36.4 Å². The topological polar surface area (TPSA) is 17.1 Å². The highest BCUT2D eigenvalue weighted by Gasteiger charge is 2.68. The minimum absolute atomic E-state index is 0.0170. The van der Waals surface area contributed by atoms with Gasteiger partial charge >= 0.3 is 7.80 Å². The third kappa shape index (κ3) is 6.29. The largest absolute Gasteiger partial charge is 0.351 e. The van der Waals surface area contributed by atoms with Gasteiger partial charge in [-0.15, -0.1) is 0 Å². The van der Waals surface area contributed by atoms with E-state index in [1.165, 1.54) is 123 Å². The third-order valence-corrected chi connectivity index (χ3v) is 18.7. The summed E-state index contributed by atoms with van der Waals surface area (Å²) in [6, 6.07) is 14.7. The van der Waals surface area contributed by atoms with E-state index in [1.54, 1.807) is 0 Å². The summed E-state index contributed by atoms with van der Waals surface area (Å²) in [6.45, 7) is 16.6. The lowest BCUT2D eigenvalue weighted by atomic mass is 9.72. The van der Waals surface area contributed by atoms with Gasteiger partial charge in [0.1, 0.15) is 0 Å². The van der Waals surface area contributed by atoms with Crippen molar-refractivity contribution in [3.63, 3.8) is 0 Å². The molecule has 1 aliphatic heterocycles. The van der Waals surface area contributed by atoms with Crippen molar-refractivity contribution in [2.45, 2.75) is 154 Å². The summed E-state index contributed by atoms with van der Waals surface area (Å²) < 4.78 is 15.8.